The van der Waals surface area contributed by atoms with E-state index >= 15 is 0 Å². The van der Waals surface area contributed by atoms with Crippen LogP contribution in [0.15, 0.2) is 47.4 Å². The molecule has 138 valence electrons. The highest BCUT2D eigenvalue weighted by Crippen LogP contribution is 2.23. The molecule has 0 unspecified atom stereocenters. The third-order valence-electron chi connectivity index (χ3n) is 3.73. The van der Waals surface area contributed by atoms with Crippen LogP contribution in [-0.4, -0.2) is 34.6 Å². The van der Waals surface area contributed by atoms with Gasteiger partial charge in [0, 0.05) is 0 Å². The maximum absolute atomic E-state index is 12.6. The largest absolute Gasteiger partial charge is 0.465 e. The summed E-state index contributed by atoms with van der Waals surface area (Å²) in [4.78, 5) is 23.7. The average molecular weight is 377 g/mol. The molecule has 0 fully saturated rings. The van der Waals surface area contributed by atoms with Gasteiger partial charge in [0.05, 0.1) is 35.9 Å². The predicted molar refractivity (Wildman–Crippen MR) is 95.7 cm³/mol. The molecule has 0 aromatic heterocycles. The SMILES string of the molecule is CCc1ccc(S(=O)(=O)Nc2cc(C(=O)OC)ccc2C(=O)OC)cc1. The van der Waals surface area contributed by atoms with Crippen LogP contribution in [0.5, 0.6) is 0 Å². The van der Waals surface area contributed by atoms with Gasteiger partial charge in [-0.1, -0.05) is 19.1 Å². The number of aryl methyl sites for hydroxylation is 1. The van der Waals surface area contributed by atoms with Crippen molar-refractivity contribution in [2.75, 3.05) is 18.9 Å². The quantitative estimate of drug-likeness (QED) is 0.777. The molecule has 0 saturated heterocycles. The molecule has 0 spiro atoms. The Hall–Kier alpha value is -2.87. The van der Waals surface area contributed by atoms with Gasteiger partial charge in [0.15, 0.2) is 0 Å². The smallest absolute Gasteiger partial charge is 0.339 e. The Morgan fingerprint density at radius 1 is 0.962 bits per heavy atom. The van der Waals surface area contributed by atoms with Crippen LogP contribution in [0.3, 0.4) is 0 Å². The minimum atomic E-state index is -3.96. The van der Waals surface area contributed by atoms with Crippen LogP contribution in [0.4, 0.5) is 5.69 Å². The average Bonchev–Trinajstić information content (AvgIpc) is 2.66. The summed E-state index contributed by atoms with van der Waals surface area (Å²) in [7, 11) is -1.58. The van der Waals surface area contributed by atoms with Crippen LogP contribution >= 0.6 is 0 Å². The molecular weight excluding hydrogens is 358 g/mol. The van der Waals surface area contributed by atoms with Crippen molar-refractivity contribution in [3.05, 3.63) is 59.2 Å². The van der Waals surface area contributed by atoms with Crippen molar-refractivity contribution < 1.29 is 27.5 Å². The van der Waals surface area contributed by atoms with E-state index in [1.54, 1.807) is 12.1 Å². The fraction of sp³-hybridized carbons (Fsp3) is 0.222. The molecule has 0 radical (unpaired) electrons. The van der Waals surface area contributed by atoms with E-state index in [2.05, 4.69) is 14.2 Å². The molecule has 0 bridgehead atoms. The zero-order valence-corrected chi connectivity index (χ0v) is 15.4. The molecule has 26 heavy (non-hydrogen) atoms. The maximum Gasteiger partial charge on any atom is 0.339 e. The number of anilines is 1. The lowest BCUT2D eigenvalue weighted by Gasteiger charge is -2.13. The number of methoxy groups -OCH3 is 2. The summed E-state index contributed by atoms with van der Waals surface area (Å²) in [5, 5.41) is 0. The number of sulfonamides is 1. The van der Waals surface area contributed by atoms with Gasteiger partial charge in [0.1, 0.15) is 0 Å². The van der Waals surface area contributed by atoms with Crippen LogP contribution < -0.4 is 4.72 Å². The zero-order chi connectivity index (χ0) is 19.3. The minimum Gasteiger partial charge on any atom is -0.465 e. The summed E-state index contributed by atoms with van der Waals surface area (Å²) >= 11 is 0. The third kappa shape index (κ3) is 4.20. The van der Waals surface area contributed by atoms with Crippen LogP contribution in [0.25, 0.3) is 0 Å². The molecule has 2 rings (SSSR count). The Balaban J connectivity index is 2.47. The van der Waals surface area contributed by atoms with E-state index in [9.17, 15) is 18.0 Å². The fourth-order valence-electron chi connectivity index (χ4n) is 2.27. The number of hydrogen-bond acceptors (Lipinski definition) is 6. The first-order chi connectivity index (χ1) is 12.3. The van der Waals surface area contributed by atoms with Crippen molar-refractivity contribution in [2.24, 2.45) is 0 Å². The summed E-state index contributed by atoms with van der Waals surface area (Å²) in [6.45, 7) is 1.96. The predicted octanol–water partition coefficient (Wildman–Crippen LogP) is 2.62. The first kappa shape index (κ1) is 19.5. The number of carbonyl (C=O) groups excluding carboxylic acids is 2. The van der Waals surface area contributed by atoms with E-state index < -0.39 is 22.0 Å². The minimum absolute atomic E-state index is 0.0195. The topological polar surface area (TPSA) is 98.8 Å². The van der Waals surface area contributed by atoms with Crippen LogP contribution in [-0.2, 0) is 25.9 Å². The second-order valence-corrected chi connectivity index (χ2v) is 7.03. The van der Waals surface area contributed by atoms with Gasteiger partial charge in [-0.2, -0.15) is 0 Å². The van der Waals surface area contributed by atoms with Gasteiger partial charge < -0.3 is 9.47 Å². The van der Waals surface area contributed by atoms with Gasteiger partial charge in [-0.05, 0) is 42.3 Å². The van der Waals surface area contributed by atoms with E-state index in [4.69, 9.17) is 0 Å². The second kappa shape index (κ2) is 8.01. The van der Waals surface area contributed by atoms with E-state index in [1.807, 2.05) is 6.92 Å². The normalized spacial score (nSPS) is 10.9. The van der Waals surface area contributed by atoms with Crippen molar-refractivity contribution in [3.63, 3.8) is 0 Å². The molecule has 8 heteroatoms. The van der Waals surface area contributed by atoms with E-state index in [0.29, 0.717) is 0 Å². The summed E-state index contributed by atoms with van der Waals surface area (Å²) < 4.78 is 36.9. The van der Waals surface area contributed by atoms with Crippen molar-refractivity contribution in [2.45, 2.75) is 18.2 Å². The molecule has 2 aromatic rings. The molecular formula is C18H19NO6S. The Bertz CT molecular complexity index is 919. The molecule has 0 aliphatic rings. The molecule has 0 aliphatic carbocycles. The van der Waals surface area contributed by atoms with E-state index in [1.165, 1.54) is 44.6 Å². The highest BCUT2D eigenvalue weighted by atomic mass is 32.2. The fourth-order valence-corrected chi connectivity index (χ4v) is 3.34. The van der Waals surface area contributed by atoms with Gasteiger partial charge in [0.25, 0.3) is 10.0 Å². The molecule has 0 amide bonds. The molecule has 2 aromatic carbocycles. The Morgan fingerprint density at radius 2 is 1.58 bits per heavy atom. The monoisotopic (exact) mass is 377 g/mol. The van der Waals surface area contributed by atoms with Crippen LogP contribution in [0, 0.1) is 0 Å². The summed E-state index contributed by atoms with van der Waals surface area (Å²) in [5.74, 6) is -1.39. The van der Waals surface area contributed by atoms with E-state index in [-0.39, 0.29) is 21.7 Å². The van der Waals surface area contributed by atoms with Crippen molar-refractivity contribution in [3.8, 4) is 0 Å². The summed E-state index contributed by atoms with van der Waals surface area (Å²) in [6.07, 6.45) is 0.779. The zero-order valence-electron chi connectivity index (χ0n) is 14.6. The van der Waals surface area contributed by atoms with E-state index in [0.717, 1.165) is 12.0 Å². The van der Waals surface area contributed by atoms with Crippen LogP contribution in [0.2, 0.25) is 0 Å². The standard InChI is InChI=1S/C18H19NO6S/c1-4-12-5-8-14(9-6-12)26(22,23)19-16-11-13(17(20)24-2)7-10-15(16)18(21)25-3/h5-11,19H,4H2,1-3H3. The molecule has 0 heterocycles. The lowest BCUT2D eigenvalue weighted by molar-refractivity contribution is 0.0587. The highest BCUT2D eigenvalue weighted by Gasteiger charge is 2.21. The molecule has 0 aliphatic heterocycles. The first-order valence-electron chi connectivity index (χ1n) is 7.74. The second-order valence-electron chi connectivity index (χ2n) is 5.35. The van der Waals surface area contributed by atoms with Gasteiger partial charge in [-0.15, -0.1) is 0 Å². The van der Waals surface area contributed by atoms with Gasteiger partial charge in [-0.3, -0.25) is 4.72 Å². The van der Waals surface area contributed by atoms with Gasteiger partial charge in [0.2, 0.25) is 0 Å². The Kier molecular flexibility index (Phi) is 5.99. The van der Waals surface area contributed by atoms with Gasteiger partial charge in [-0.25, -0.2) is 18.0 Å². The number of ether oxygens (including phenoxy) is 2. The third-order valence-corrected chi connectivity index (χ3v) is 5.11. The molecule has 0 saturated carbocycles. The maximum atomic E-state index is 12.6. The number of nitrogens with one attached hydrogen (secondary N) is 1. The highest BCUT2D eigenvalue weighted by molar-refractivity contribution is 7.92. The van der Waals surface area contributed by atoms with Crippen molar-refractivity contribution in [1.82, 2.24) is 0 Å². The number of benzene rings is 2. The molecule has 7 nitrogen and oxygen atoms in total. The number of esters is 2. The lowest BCUT2D eigenvalue weighted by Crippen LogP contribution is -2.17. The Labute approximate surface area is 152 Å². The van der Waals surface area contributed by atoms with Gasteiger partial charge >= 0.3 is 11.9 Å². The Morgan fingerprint density at radius 3 is 2.12 bits per heavy atom. The lowest BCUT2D eigenvalue weighted by atomic mass is 10.1. The summed E-state index contributed by atoms with van der Waals surface area (Å²) in [5.41, 5.74) is 0.999. The molecule has 1 N–H and O–H groups in total. The number of hydrogen-bond donors (Lipinski definition) is 1. The number of carbonyl (C=O) groups is 2. The van der Waals surface area contributed by atoms with Crippen molar-refractivity contribution >= 4 is 27.6 Å². The van der Waals surface area contributed by atoms with Crippen LogP contribution in [0.1, 0.15) is 33.2 Å². The first-order valence-corrected chi connectivity index (χ1v) is 9.23. The summed E-state index contributed by atoms with van der Waals surface area (Å²) in [6, 6.07) is 10.3. The van der Waals surface area contributed by atoms with Crippen molar-refractivity contribution in [1.29, 1.82) is 0 Å². The number of rotatable bonds is 6. The molecule has 0 atom stereocenters.